The summed E-state index contributed by atoms with van der Waals surface area (Å²) in [6, 6.07) is 4.99. The number of carbonyl (C=O) groups excluding carboxylic acids is 8. The number of aliphatic hydroxyl groups is 5. The van der Waals surface area contributed by atoms with Crippen molar-refractivity contribution in [1.29, 1.82) is 0 Å². The molecule has 0 unspecified atom stereocenters. The number of nitrogens with two attached hydrogens (primary N) is 2. The molecule has 36 heteroatoms. The van der Waals surface area contributed by atoms with Crippen molar-refractivity contribution in [2.24, 2.45) is 41.1 Å². The Morgan fingerprint density at radius 1 is 0.649 bits per heavy atom. The van der Waals surface area contributed by atoms with Crippen molar-refractivity contribution in [2.45, 2.75) is 162 Å². The molecular formula is C78H90ClN11O23S. The van der Waals surface area contributed by atoms with E-state index in [0.29, 0.717) is 11.8 Å². The molecule has 6 heterocycles. The minimum Gasteiger partial charge on any atom is -0.508 e. The van der Waals surface area contributed by atoms with E-state index in [4.69, 9.17) is 46.8 Å². The molecule has 21 N–H and O–H groups in total. The molecule has 114 heavy (non-hydrogen) atoms. The number of benzene rings is 6. The van der Waals surface area contributed by atoms with Crippen molar-refractivity contribution < 1.29 is 111 Å². The molecule has 6 aromatic rings. The summed E-state index contributed by atoms with van der Waals surface area (Å²) in [5.41, 5.74) is 9.63. The molecule has 1 saturated heterocycles. The number of nitrogens with one attached hydrogen (secondary N) is 9. The van der Waals surface area contributed by atoms with E-state index in [1.165, 1.54) is 56.4 Å². The molecule has 6 aromatic carbocycles. The fourth-order valence-electron chi connectivity index (χ4n) is 16.5. The van der Waals surface area contributed by atoms with E-state index in [-0.39, 0.29) is 105 Å². The number of aliphatic hydroxyl groups excluding tert-OH is 5. The lowest BCUT2D eigenvalue weighted by atomic mass is 9.54. The SMILES string of the molecule is CN[C@H](CC(C)C)C(=O)N[C@H]1C(=O)N[C@@H](CC(=O)NS(=O)(=O)c2ccc(OCCN)cc2)C(=O)N[C@H]2C(=O)N[C@H]3C(=O)N[C@H](C(=O)N[C@H](C(=O)NC4C5CC6CC(C5)CC4C6)c4cc(O)cc(O)c4-c4cc3ccc4O)[C@H](O)c3ccc(c(Cl)c3)Oc3cc2cc(c3O[C@@H]2O[C@H](CN)[C@@H](O)[C@H](O)[C@H]2O)Oc2ccc(cc2C)[C@H]1O. The normalized spacial score (nSPS) is 28.2. The largest absolute Gasteiger partial charge is 0.508 e. The Labute approximate surface area is 658 Å². The summed E-state index contributed by atoms with van der Waals surface area (Å²) in [6.45, 7) is 4.84. The van der Waals surface area contributed by atoms with Gasteiger partial charge in [0, 0.05) is 36.3 Å². The Hall–Kier alpha value is -10.4. The van der Waals surface area contributed by atoms with E-state index >= 15 is 28.8 Å². The fourth-order valence-corrected chi connectivity index (χ4v) is 17.7. The maximum atomic E-state index is 16.4. The van der Waals surface area contributed by atoms with E-state index in [1.807, 2.05) is 18.6 Å². The lowest BCUT2D eigenvalue weighted by molar-refractivity contribution is -0.270. The third-order valence-corrected chi connectivity index (χ3v) is 23.7. The van der Waals surface area contributed by atoms with Crippen molar-refractivity contribution in [2.75, 3.05) is 26.7 Å². The number of phenolic OH excluding ortho intramolecular Hbond substituents is 3. The van der Waals surface area contributed by atoms with Crippen molar-refractivity contribution in [1.82, 2.24) is 47.3 Å². The van der Waals surface area contributed by atoms with E-state index in [9.17, 15) is 58.9 Å². The summed E-state index contributed by atoms with van der Waals surface area (Å²) in [5, 5.41) is 116. The Morgan fingerprint density at radius 3 is 1.92 bits per heavy atom. The highest BCUT2D eigenvalue weighted by Gasteiger charge is 2.51. The number of amides is 8. The van der Waals surface area contributed by atoms with Gasteiger partial charge in [0.05, 0.1) is 22.4 Å². The zero-order valence-corrected chi connectivity index (χ0v) is 63.6. The number of aromatic hydroxyl groups is 3. The van der Waals surface area contributed by atoms with Crippen LogP contribution < -0.4 is 77.7 Å². The molecule has 34 nitrogen and oxygen atoms in total. The second-order valence-electron chi connectivity index (χ2n) is 30.4. The highest BCUT2D eigenvalue weighted by atomic mass is 35.5. The van der Waals surface area contributed by atoms with Crippen LogP contribution in [0.1, 0.15) is 123 Å². The zero-order valence-electron chi connectivity index (χ0n) is 62.1. The number of phenols is 3. The minimum absolute atomic E-state index is 0.0597. The third kappa shape index (κ3) is 17.0. The number of ether oxygens (including phenoxy) is 5. The number of likely N-dealkylation sites (N-methyl/N-ethyl adjacent to an activating group) is 1. The fraction of sp³-hybridized carbons (Fsp3) is 0.436. The minimum atomic E-state index is -4.89. The number of rotatable bonds is 17. The maximum Gasteiger partial charge on any atom is 0.264 e. The van der Waals surface area contributed by atoms with Crippen LogP contribution in [0.15, 0.2) is 108 Å². The first-order valence-corrected chi connectivity index (χ1v) is 39.2. The van der Waals surface area contributed by atoms with E-state index in [1.54, 1.807) is 0 Å². The molecule has 0 radical (unpaired) electrons. The summed E-state index contributed by atoms with van der Waals surface area (Å²) >= 11 is 7.17. The molecule has 10 aliphatic rings. The monoisotopic (exact) mass is 1620 g/mol. The van der Waals surface area contributed by atoms with Crippen LogP contribution in [0.25, 0.3) is 11.1 Å². The summed E-state index contributed by atoms with van der Waals surface area (Å²) in [4.78, 5) is 123. The number of hydrogen-bond acceptors (Lipinski definition) is 26. The van der Waals surface area contributed by atoms with Crippen molar-refractivity contribution in [3.8, 4) is 62.9 Å². The molecule has 0 spiro atoms. The maximum absolute atomic E-state index is 16.4. The molecule has 15 bridgehead atoms. The van der Waals surface area contributed by atoms with Crippen molar-refractivity contribution in [3.63, 3.8) is 0 Å². The van der Waals surface area contributed by atoms with Gasteiger partial charge in [-0.15, -0.1) is 0 Å². The van der Waals surface area contributed by atoms with E-state index < -0.39 is 200 Å². The average Bonchev–Trinajstić information content (AvgIpc) is 0.763. The van der Waals surface area contributed by atoms with E-state index in [0.717, 1.165) is 92.8 Å². The second kappa shape index (κ2) is 33.6. The number of hydrogen-bond donors (Lipinski definition) is 19. The molecule has 608 valence electrons. The predicted molar refractivity (Wildman–Crippen MR) is 403 cm³/mol. The van der Waals surface area contributed by atoms with Gasteiger partial charge in [0.25, 0.3) is 10.0 Å². The molecule has 8 amide bonds. The second-order valence-corrected chi connectivity index (χ2v) is 32.5. The van der Waals surface area contributed by atoms with Crippen LogP contribution >= 0.6 is 11.6 Å². The van der Waals surface area contributed by atoms with Gasteiger partial charge in [-0.25, -0.2) is 13.1 Å². The third-order valence-electron chi connectivity index (χ3n) is 22.0. The lowest BCUT2D eigenvalue weighted by Crippen LogP contribution is -2.60. The van der Waals surface area contributed by atoms with E-state index in [2.05, 4.69) is 42.5 Å². The molecule has 16 rings (SSSR count). The van der Waals surface area contributed by atoms with Gasteiger partial charge in [-0.05, 0) is 194 Å². The number of aryl methyl sites for hydroxylation is 1. The predicted octanol–water partition coefficient (Wildman–Crippen LogP) is 1.70. The van der Waals surface area contributed by atoms with Crippen LogP contribution in [0.3, 0.4) is 0 Å². The van der Waals surface area contributed by atoms with Crippen LogP contribution in [0.2, 0.25) is 5.02 Å². The first-order chi connectivity index (χ1) is 54.3. The van der Waals surface area contributed by atoms with Crippen molar-refractivity contribution in [3.05, 3.63) is 142 Å². The van der Waals surface area contributed by atoms with Crippen LogP contribution in [-0.4, -0.2) is 184 Å². The zero-order chi connectivity index (χ0) is 81.6. The average molecular weight is 1620 g/mol. The van der Waals surface area contributed by atoms with Crippen LogP contribution in [0.5, 0.6) is 51.7 Å². The molecule has 5 fully saturated rings. The highest BCUT2D eigenvalue weighted by Crippen LogP contribution is 2.55. The molecule has 4 saturated carbocycles. The molecule has 6 aliphatic heterocycles. The quantitative estimate of drug-likeness (QED) is 0.0618. The van der Waals surface area contributed by atoms with Gasteiger partial charge in [-0.2, -0.15) is 0 Å². The van der Waals surface area contributed by atoms with Gasteiger partial charge < -0.3 is 119 Å². The number of fused-ring (bicyclic) bond motifs is 15. The number of halogens is 1. The van der Waals surface area contributed by atoms with Crippen molar-refractivity contribution >= 4 is 68.9 Å². The summed E-state index contributed by atoms with van der Waals surface area (Å²) in [6.07, 6.45) is -10.3. The number of sulfonamides is 1. The molecule has 14 atom stereocenters. The van der Waals surface area contributed by atoms with Gasteiger partial charge in [0.15, 0.2) is 11.5 Å². The standard InChI is InChI=1S/C78H90ClN11O23S/c1-32(2)17-48(82-4)71(100)88-63-65(95)37-6-13-52(33(3)18-37)110-54-26-41-27-55(70(54)113-78-69(99)68(98)67(97)56(31-81)112-78)111-53-14-7-38(25-47(53)79)66(96)64-77(106)87-62(75(104)84-59-39-20-34-19-35(22-39)23-40(59)21-34)46-28-42(91)29-51(93)58(46)45-24-36(5-12-50(45)92)60(73(102)89-64)86-74(103)61(41)85-72(101)49(83-76(63)105)30-57(94)90-114(107,108)44-10-8-43(9-11-44)109-16-15-80/h5-14,18,24-29,32,34-35,39-40,48-49,56,59-69,78,82,91-93,95-99H,15-17,19-23,30-31,80-81H2,1-4H3,(H,83,105)(H,84,104)(H,85,101)(H,86,103)(H,87,106)(H,88,100)(H,89,102)(H,90,94)/t34?,35?,39?,40?,48-,49+,56-,59?,60-,61-,62+,63-,64+,65-,66-,67-,68+,69-,78+/m1/s1. The van der Waals surface area contributed by atoms with Crippen LogP contribution in [0, 0.1) is 36.5 Å². The topological polar surface area (TPSA) is 539 Å². The molecular weight excluding hydrogens is 1530 g/mol. The number of carbonyl (C=O) groups is 8. The summed E-state index contributed by atoms with van der Waals surface area (Å²) in [7, 11) is -3.41. The van der Waals surface area contributed by atoms with Gasteiger partial charge in [-0.1, -0.05) is 43.6 Å². The highest BCUT2D eigenvalue weighted by molar-refractivity contribution is 7.90. The first-order valence-electron chi connectivity index (χ1n) is 37.3. The summed E-state index contributed by atoms with van der Waals surface area (Å²) < 4.78 is 61.4. The van der Waals surface area contributed by atoms with Gasteiger partial charge in [0.2, 0.25) is 59.3 Å². The summed E-state index contributed by atoms with van der Waals surface area (Å²) in [5.74, 6) is -13.3. The van der Waals surface area contributed by atoms with Gasteiger partial charge in [-0.3, -0.25) is 38.4 Å². The Kier molecular flexibility index (Phi) is 24.0. The van der Waals surface area contributed by atoms with Gasteiger partial charge >= 0.3 is 0 Å². The Bertz CT molecular complexity index is 4840. The Balaban J connectivity index is 1.00. The van der Waals surface area contributed by atoms with Crippen LogP contribution in [0.4, 0.5) is 0 Å². The Morgan fingerprint density at radius 2 is 1.28 bits per heavy atom. The lowest BCUT2D eigenvalue weighted by Gasteiger charge is -2.54. The smallest absolute Gasteiger partial charge is 0.264 e. The molecule has 4 aliphatic carbocycles. The van der Waals surface area contributed by atoms with Crippen LogP contribution in [-0.2, 0) is 53.1 Å². The van der Waals surface area contributed by atoms with Gasteiger partial charge in [0.1, 0.15) is 114 Å². The first kappa shape index (κ1) is 81.6. The molecule has 0 aromatic heterocycles.